The van der Waals surface area contributed by atoms with Crippen LogP contribution >= 0.6 is 0 Å². The molecule has 3 atom stereocenters. The second-order valence-electron chi connectivity index (χ2n) is 4.72. The van der Waals surface area contributed by atoms with E-state index >= 15 is 0 Å². The van der Waals surface area contributed by atoms with Crippen molar-refractivity contribution in [3.63, 3.8) is 0 Å². The second kappa shape index (κ2) is 4.40. The number of rotatable bonds is 2. The van der Waals surface area contributed by atoms with E-state index in [1.54, 1.807) is 12.1 Å². The summed E-state index contributed by atoms with van der Waals surface area (Å²) in [5, 5.41) is 22.3. The molecule has 3 rings (SSSR count). The number of aliphatic hydroxyl groups is 1. The van der Waals surface area contributed by atoms with Crippen molar-refractivity contribution in [1.82, 2.24) is 14.6 Å². The number of hydrogen-bond donors (Lipinski definition) is 2. The molecular formula is C12H12FN5O2. The van der Waals surface area contributed by atoms with Gasteiger partial charge in [0.1, 0.15) is 30.2 Å². The van der Waals surface area contributed by atoms with Gasteiger partial charge in [-0.05, 0) is 12.1 Å². The predicted molar refractivity (Wildman–Crippen MR) is 66.2 cm³/mol. The van der Waals surface area contributed by atoms with Crippen molar-refractivity contribution >= 4 is 11.3 Å². The molecule has 2 aromatic rings. The lowest BCUT2D eigenvalue weighted by Crippen LogP contribution is -2.30. The first-order chi connectivity index (χ1) is 9.60. The number of nitrogens with zero attached hydrogens (tertiary/aromatic N) is 4. The van der Waals surface area contributed by atoms with E-state index in [1.807, 2.05) is 6.07 Å². The summed E-state index contributed by atoms with van der Waals surface area (Å²) in [6.45, 7) is -0.555. The van der Waals surface area contributed by atoms with Crippen LogP contribution in [0.15, 0.2) is 18.5 Å². The molecular weight excluding hydrogens is 265 g/mol. The van der Waals surface area contributed by atoms with Gasteiger partial charge in [0.05, 0.1) is 12.3 Å². The van der Waals surface area contributed by atoms with E-state index in [4.69, 9.17) is 15.7 Å². The molecule has 0 aromatic carbocycles. The van der Waals surface area contributed by atoms with Crippen molar-refractivity contribution in [1.29, 1.82) is 5.26 Å². The van der Waals surface area contributed by atoms with Gasteiger partial charge < -0.3 is 15.6 Å². The van der Waals surface area contributed by atoms with Gasteiger partial charge in [0.25, 0.3) is 0 Å². The van der Waals surface area contributed by atoms with Gasteiger partial charge >= 0.3 is 0 Å². The fourth-order valence-electron chi connectivity index (χ4n) is 2.43. The molecule has 3 N–H and O–H groups in total. The number of nitriles is 1. The lowest BCUT2D eigenvalue weighted by Gasteiger charge is -2.18. The van der Waals surface area contributed by atoms with E-state index in [2.05, 4.69) is 10.1 Å². The molecule has 104 valence electrons. The third kappa shape index (κ3) is 1.71. The normalized spacial score (nSPS) is 29.6. The Morgan fingerprint density at radius 2 is 2.45 bits per heavy atom. The highest BCUT2D eigenvalue weighted by atomic mass is 19.1. The van der Waals surface area contributed by atoms with Crippen LogP contribution in [0.25, 0.3) is 5.52 Å². The molecule has 1 fully saturated rings. The third-order valence-electron chi connectivity index (χ3n) is 3.47. The summed E-state index contributed by atoms with van der Waals surface area (Å²) in [5.41, 5.74) is 5.18. The van der Waals surface area contributed by atoms with Crippen LogP contribution in [0.1, 0.15) is 18.2 Å². The number of anilines is 1. The summed E-state index contributed by atoms with van der Waals surface area (Å²) in [7, 11) is 0. The van der Waals surface area contributed by atoms with Gasteiger partial charge in [-0.1, -0.05) is 0 Å². The van der Waals surface area contributed by atoms with E-state index in [0.717, 1.165) is 0 Å². The maximum Gasteiger partial charge on any atom is 0.180 e. The lowest BCUT2D eigenvalue weighted by molar-refractivity contribution is -0.0446. The Hall–Kier alpha value is -2.24. The summed E-state index contributed by atoms with van der Waals surface area (Å²) < 4.78 is 21.1. The summed E-state index contributed by atoms with van der Waals surface area (Å²) >= 11 is 0. The minimum absolute atomic E-state index is 0.182. The Morgan fingerprint density at radius 1 is 1.65 bits per heavy atom. The van der Waals surface area contributed by atoms with Crippen LogP contribution in [-0.2, 0) is 4.74 Å². The lowest BCUT2D eigenvalue weighted by atomic mass is 10.0. The van der Waals surface area contributed by atoms with Crippen LogP contribution in [0.5, 0.6) is 0 Å². The number of ether oxygens (including phenoxy) is 1. The van der Waals surface area contributed by atoms with Crippen molar-refractivity contribution in [2.75, 3.05) is 12.3 Å². The van der Waals surface area contributed by atoms with Crippen LogP contribution < -0.4 is 5.73 Å². The Kier molecular flexibility index (Phi) is 2.81. The van der Waals surface area contributed by atoms with Crippen LogP contribution in [-0.4, -0.2) is 38.1 Å². The number of alkyl halides is 1. The molecule has 0 saturated carbocycles. The molecule has 1 aliphatic rings. The van der Waals surface area contributed by atoms with Crippen molar-refractivity contribution < 1.29 is 14.2 Å². The van der Waals surface area contributed by atoms with Gasteiger partial charge in [-0.25, -0.2) is 13.9 Å². The molecule has 1 saturated heterocycles. The summed E-state index contributed by atoms with van der Waals surface area (Å²) in [5.74, 6) is 0.272. The first-order valence-corrected chi connectivity index (χ1v) is 6.02. The van der Waals surface area contributed by atoms with Gasteiger partial charge in [-0.15, -0.1) is 0 Å². The molecule has 0 radical (unpaired) electrons. The fourth-order valence-corrected chi connectivity index (χ4v) is 2.43. The molecule has 0 aliphatic carbocycles. The third-order valence-corrected chi connectivity index (χ3v) is 3.47. The summed E-state index contributed by atoms with van der Waals surface area (Å²) in [4.78, 5) is 3.85. The average Bonchev–Trinajstić information content (AvgIpc) is 3.01. The van der Waals surface area contributed by atoms with Crippen molar-refractivity contribution in [2.45, 2.75) is 24.3 Å². The highest BCUT2D eigenvalue weighted by Gasteiger charge is 2.48. The first kappa shape index (κ1) is 12.8. The molecule has 2 aromatic heterocycles. The molecule has 1 aliphatic heterocycles. The topological polar surface area (TPSA) is 109 Å². The molecule has 0 amide bonds. The van der Waals surface area contributed by atoms with Gasteiger partial charge in [0.2, 0.25) is 0 Å². The highest BCUT2D eigenvalue weighted by molar-refractivity contribution is 5.65. The zero-order valence-electron chi connectivity index (χ0n) is 10.4. The van der Waals surface area contributed by atoms with Crippen molar-refractivity contribution in [2.24, 2.45) is 0 Å². The highest BCUT2D eigenvalue weighted by Crippen LogP contribution is 2.41. The number of halogens is 1. The monoisotopic (exact) mass is 277 g/mol. The smallest absolute Gasteiger partial charge is 0.180 e. The second-order valence-corrected chi connectivity index (χ2v) is 4.72. The van der Waals surface area contributed by atoms with E-state index < -0.39 is 24.5 Å². The Bertz CT molecular complexity index is 697. The molecule has 20 heavy (non-hydrogen) atoms. The first-order valence-electron chi connectivity index (χ1n) is 6.02. The minimum Gasteiger partial charge on any atom is -0.392 e. The Morgan fingerprint density at radius 3 is 3.10 bits per heavy atom. The van der Waals surface area contributed by atoms with Crippen LogP contribution in [0.2, 0.25) is 0 Å². The molecule has 7 nitrogen and oxygen atoms in total. The van der Waals surface area contributed by atoms with E-state index in [-0.39, 0.29) is 12.2 Å². The maximum absolute atomic E-state index is 14.2. The average molecular weight is 277 g/mol. The van der Waals surface area contributed by atoms with Gasteiger partial charge in [0, 0.05) is 6.42 Å². The van der Waals surface area contributed by atoms with E-state index in [0.29, 0.717) is 11.2 Å². The van der Waals surface area contributed by atoms with Gasteiger partial charge in [-0.2, -0.15) is 10.4 Å². The Labute approximate surface area is 113 Å². The summed E-state index contributed by atoms with van der Waals surface area (Å²) in [6, 6.07) is 5.12. The van der Waals surface area contributed by atoms with Crippen LogP contribution in [0, 0.1) is 11.3 Å². The minimum atomic E-state index is -1.51. The largest absolute Gasteiger partial charge is 0.392 e. The quantitative estimate of drug-likeness (QED) is 0.820. The SMILES string of the molecule is N#CC1(CO)CC(F)C(c2ccc3c(N)ncnn23)O1. The molecule has 3 unspecified atom stereocenters. The number of nitrogens with two attached hydrogens (primary N) is 1. The number of fused-ring (bicyclic) bond motifs is 1. The molecule has 3 heterocycles. The van der Waals surface area contributed by atoms with Crippen LogP contribution in [0.4, 0.5) is 10.2 Å². The van der Waals surface area contributed by atoms with E-state index in [9.17, 15) is 9.50 Å². The molecule has 0 spiro atoms. The standard InChI is InChI=1S/C12H12FN5O2/c13-7-3-12(4-14,5-19)20-10(7)8-1-2-9-11(15)16-6-17-18(8)9/h1-2,6-7,10,19H,3,5H2,(H2,15,16,17). The number of nitrogen functional groups attached to an aromatic ring is 1. The van der Waals surface area contributed by atoms with Gasteiger partial charge in [0.15, 0.2) is 11.4 Å². The molecule has 0 bridgehead atoms. The predicted octanol–water partition coefficient (Wildman–Crippen LogP) is 0.366. The summed E-state index contributed by atoms with van der Waals surface area (Å²) in [6.07, 6.45) is -1.30. The van der Waals surface area contributed by atoms with Crippen LogP contribution in [0.3, 0.4) is 0 Å². The number of aromatic nitrogens is 3. The fraction of sp³-hybridized carbons (Fsp3) is 0.417. The van der Waals surface area contributed by atoms with Crippen molar-refractivity contribution in [3.8, 4) is 6.07 Å². The van der Waals surface area contributed by atoms with Gasteiger partial charge in [-0.3, -0.25) is 0 Å². The maximum atomic E-state index is 14.2. The Balaban J connectivity index is 2.05. The van der Waals surface area contributed by atoms with E-state index in [1.165, 1.54) is 10.8 Å². The number of aliphatic hydroxyl groups excluding tert-OH is 1. The zero-order valence-corrected chi connectivity index (χ0v) is 10.4. The number of hydrogen-bond acceptors (Lipinski definition) is 6. The molecule has 8 heteroatoms. The van der Waals surface area contributed by atoms with Crippen molar-refractivity contribution in [3.05, 3.63) is 24.2 Å². The zero-order chi connectivity index (χ0) is 14.3.